The van der Waals surface area contributed by atoms with Crippen molar-refractivity contribution >= 4 is 29.5 Å². The number of carbonyl (C=O) groups is 1. The molecule has 21 heavy (non-hydrogen) atoms. The lowest BCUT2D eigenvalue weighted by Crippen LogP contribution is -2.27. The second kappa shape index (κ2) is 6.08. The normalized spacial score (nSPS) is 17.5. The summed E-state index contributed by atoms with van der Waals surface area (Å²) in [7, 11) is 1.81. The lowest BCUT2D eigenvalue weighted by Gasteiger charge is -2.22. The number of hydrogen-bond donors (Lipinski definition) is 2. The molecule has 2 aromatic rings. The van der Waals surface area contributed by atoms with Crippen molar-refractivity contribution in [2.24, 2.45) is 7.05 Å². The van der Waals surface area contributed by atoms with Gasteiger partial charge in [-0.1, -0.05) is 0 Å². The van der Waals surface area contributed by atoms with E-state index in [4.69, 9.17) is 17.0 Å². The third kappa shape index (κ3) is 3.07. The largest absolute Gasteiger partial charge is 0.372 e. The smallest absolute Gasteiger partial charge is 0.223 e. The van der Waals surface area contributed by atoms with Gasteiger partial charge in [-0.2, -0.15) is 5.10 Å². The van der Waals surface area contributed by atoms with Gasteiger partial charge in [0.1, 0.15) is 6.10 Å². The van der Waals surface area contributed by atoms with Gasteiger partial charge in [-0.05, 0) is 35.6 Å². The molecule has 0 unspecified atom stereocenters. The molecule has 8 heteroatoms. The number of rotatable bonds is 4. The van der Waals surface area contributed by atoms with Crippen molar-refractivity contribution in [2.45, 2.75) is 25.5 Å². The number of aromatic nitrogens is 3. The molecule has 3 heterocycles. The fourth-order valence-corrected chi connectivity index (χ4v) is 3.49. The van der Waals surface area contributed by atoms with Crippen LogP contribution < -0.4 is 5.32 Å². The zero-order valence-electron chi connectivity index (χ0n) is 11.6. The summed E-state index contributed by atoms with van der Waals surface area (Å²) in [6, 6.07) is 2.11. The van der Waals surface area contributed by atoms with Crippen molar-refractivity contribution in [1.82, 2.24) is 20.1 Å². The van der Waals surface area contributed by atoms with Crippen LogP contribution >= 0.6 is 23.6 Å². The van der Waals surface area contributed by atoms with Gasteiger partial charge in [-0.3, -0.25) is 9.89 Å². The third-order valence-corrected chi connectivity index (χ3v) is 4.97. The van der Waals surface area contributed by atoms with Crippen molar-refractivity contribution in [2.75, 3.05) is 6.61 Å². The summed E-state index contributed by atoms with van der Waals surface area (Å²) in [4.78, 5) is 13.3. The number of ether oxygens (including phenoxy) is 1. The fourth-order valence-electron chi connectivity index (χ4n) is 2.33. The van der Waals surface area contributed by atoms with Crippen molar-refractivity contribution in [3.8, 4) is 0 Å². The SMILES string of the molecule is Cn1c(CNC(=O)C[C@@H]2OCCc3ccsc32)n[nH]c1=S. The molecule has 1 amide bonds. The Morgan fingerprint density at radius 2 is 2.57 bits per heavy atom. The molecule has 0 radical (unpaired) electrons. The molecule has 6 nitrogen and oxygen atoms in total. The minimum Gasteiger partial charge on any atom is -0.372 e. The molecule has 0 saturated heterocycles. The Balaban J connectivity index is 1.58. The lowest BCUT2D eigenvalue weighted by atomic mass is 10.1. The molecular weight excluding hydrogens is 308 g/mol. The molecule has 2 N–H and O–H groups in total. The van der Waals surface area contributed by atoms with Crippen LogP contribution in [0.3, 0.4) is 0 Å². The Kier molecular flexibility index (Phi) is 4.18. The molecule has 1 aliphatic heterocycles. The summed E-state index contributed by atoms with van der Waals surface area (Å²) in [6.45, 7) is 1.03. The number of hydrogen-bond acceptors (Lipinski definition) is 5. The van der Waals surface area contributed by atoms with Crippen LogP contribution in [0.4, 0.5) is 0 Å². The van der Waals surface area contributed by atoms with Gasteiger partial charge in [0.05, 0.1) is 19.6 Å². The van der Waals surface area contributed by atoms with Crippen LogP contribution in [0.1, 0.15) is 28.8 Å². The van der Waals surface area contributed by atoms with Gasteiger partial charge in [0.15, 0.2) is 10.6 Å². The number of aromatic amines is 1. The van der Waals surface area contributed by atoms with Gasteiger partial charge in [0.25, 0.3) is 0 Å². The molecule has 0 aliphatic carbocycles. The highest BCUT2D eigenvalue weighted by Gasteiger charge is 2.24. The molecule has 0 spiro atoms. The quantitative estimate of drug-likeness (QED) is 0.842. The van der Waals surface area contributed by atoms with Crippen molar-refractivity contribution in [3.63, 3.8) is 0 Å². The molecule has 0 saturated carbocycles. The zero-order valence-corrected chi connectivity index (χ0v) is 13.2. The summed E-state index contributed by atoms with van der Waals surface area (Å²) >= 11 is 6.69. The van der Waals surface area contributed by atoms with Crippen molar-refractivity contribution < 1.29 is 9.53 Å². The summed E-state index contributed by atoms with van der Waals surface area (Å²) in [5.74, 6) is 0.657. The van der Waals surface area contributed by atoms with Crippen LogP contribution in [0.15, 0.2) is 11.4 Å². The zero-order chi connectivity index (χ0) is 14.8. The van der Waals surface area contributed by atoms with Gasteiger partial charge in [0, 0.05) is 11.9 Å². The average Bonchev–Trinajstić information content (AvgIpc) is 3.06. The predicted molar refractivity (Wildman–Crippen MR) is 81.6 cm³/mol. The van der Waals surface area contributed by atoms with E-state index < -0.39 is 0 Å². The fraction of sp³-hybridized carbons (Fsp3) is 0.462. The first kappa shape index (κ1) is 14.4. The number of thiophene rings is 1. The molecule has 2 aromatic heterocycles. The van der Waals surface area contributed by atoms with Crippen LogP contribution in [-0.4, -0.2) is 27.3 Å². The van der Waals surface area contributed by atoms with E-state index in [1.807, 2.05) is 7.05 Å². The second-order valence-electron chi connectivity index (χ2n) is 4.90. The first-order valence-electron chi connectivity index (χ1n) is 6.70. The van der Waals surface area contributed by atoms with Crippen LogP contribution in [0.25, 0.3) is 0 Å². The van der Waals surface area contributed by atoms with E-state index in [9.17, 15) is 4.79 Å². The van der Waals surface area contributed by atoms with Gasteiger partial charge >= 0.3 is 0 Å². The summed E-state index contributed by atoms with van der Waals surface area (Å²) in [6.07, 6.45) is 1.14. The Bertz CT molecular complexity index is 703. The molecule has 1 atom stereocenters. The Hall–Kier alpha value is -1.51. The Morgan fingerprint density at radius 1 is 1.71 bits per heavy atom. The van der Waals surface area contributed by atoms with Crippen molar-refractivity contribution in [3.05, 3.63) is 32.5 Å². The van der Waals surface area contributed by atoms with Crippen LogP contribution in [0, 0.1) is 4.77 Å². The minimum atomic E-state index is -0.129. The highest BCUT2D eigenvalue weighted by molar-refractivity contribution is 7.71. The first-order valence-corrected chi connectivity index (χ1v) is 7.99. The molecule has 112 valence electrons. The van der Waals surface area contributed by atoms with E-state index in [1.54, 1.807) is 15.9 Å². The maximum Gasteiger partial charge on any atom is 0.223 e. The van der Waals surface area contributed by atoms with E-state index in [1.165, 1.54) is 10.4 Å². The summed E-state index contributed by atoms with van der Waals surface area (Å²) in [5.41, 5.74) is 1.30. The van der Waals surface area contributed by atoms with Crippen LogP contribution in [-0.2, 0) is 29.5 Å². The molecular formula is C13H16N4O2S2. The lowest BCUT2D eigenvalue weighted by molar-refractivity contribution is -0.124. The van der Waals surface area contributed by atoms with Crippen molar-refractivity contribution in [1.29, 1.82) is 0 Å². The number of nitrogens with one attached hydrogen (secondary N) is 2. The monoisotopic (exact) mass is 324 g/mol. The average molecular weight is 324 g/mol. The predicted octanol–water partition coefficient (Wildman–Crippen LogP) is 1.86. The van der Waals surface area contributed by atoms with E-state index in [0.29, 0.717) is 30.2 Å². The maximum absolute atomic E-state index is 12.1. The standard InChI is InChI=1S/C13H16N4O2S2/c1-17-10(15-16-13(17)20)7-14-11(18)6-9-12-8(2-4-19-9)3-5-21-12/h3,5,9H,2,4,6-7H2,1H3,(H,14,18)(H,16,20)/t9-/m0/s1. The Labute approximate surface area is 131 Å². The minimum absolute atomic E-state index is 0.0461. The van der Waals surface area contributed by atoms with Gasteiger partial charge in [-0.25, -0.2) is 0 Å². The number of nitrogens with zero attached hydrogens (tertiary/aromatic N) is 2. The van der Waals surface area contributed by atoms with Crippen LogP contribution in [0.5, 0.6) is 0 Å². The number of amides is 1. The summed E-state index contributed by atoms with van der Waals surface area (Å²) in [5, 5.41) is 11.7. The number of carbonyl (C=O) groups excluding carboxylic acids is 1. The Morgan fingerprint density at radius 3 is 3.33 bits per heavy atom. The highest BCUT2D eigenvalue weighted by atomic mass is 32.1. The molecule has 0 fully saturated rings. The maximum atomic E-state index is 12.1. The van der Waals surface area contributed by atoms with Gasteiger partial charge in [0.2, 0.25) is 5.91 Å². The van der Waals surface area contributed by atoms with Crippen LogP contribution in [0.2, 0.25) is 0 Å². The molecule has 0 bridgehead atoms. The molecule has 1 aliphatic rings. The number of fused-ring (bicyclic) bond motifs is 1. The van der Waals surface area contributed by atoms with E-state index in [0.717, 1.165) is 6.42 Å². The van der Waals surface area contributed by atoms with E-state index in [-0.39, 0.29) is 12.0 Å². The number of H-pyrrole nitrogens is 1. The van der Waals surface area contributed by atoms with Gasteiger partial charge in [-0.15, -0.1) is 11.3 Å². The van der Waals surface area contributed by atoms with Gasteiger partial charge < -0.3 is 14.6 Å². The third-order valence-electron chi connectivity index (χ3n) is 3.55. The molecule has 0 aromatic carbocycles. The first-order chi connectivity index (χ1) is 10.1. The molecule has 3 rings (SSSR count). The van der Waals surface area contributed by atoms with E-state index in [2.05, 4.69) is 27.0 Å². The second-order valence-corrected chi connectivity index (χ2v) is 6.24. The topological polar surface area (TPSA) is 71.9 Å². The highest BCUT2D eigenvalue weighted by Crippen LogP contribution is 2.33. The summed E-state index contributed by atoms with van der Waals surface area (Å²) < 4.78 is 8.00. The van der Waals surface area contributed by atoms with E-state index >= 15 is 0 Å².